The van der Waals surface area contributed by atoms with Gasteiger partial charge in [0.2, 0.25) is 0 Å². The lowest BCUT2D eigenvalue weighted by Crippen LogP contribution is -2.18. The first-order valence-electron chi connectivity index (χ1n) is 6.44. The number of halogens is 1. The molecule has 0 aliphatic rings. The first kappa shape index (κ1) is 15.2. The number of carbonyl (C=O) groups is 1. The van der Waals surface area contributed by atoms with Crippen LogP contribution in [0.25, 0.3) is 0 Å². The van der Waals surface area contributed by atoms with E-state index in [9.17, 15) is 4.79 Å². The summed E-state index contributed by atoms with van der Waals surface area (Å²) in [6, 6.07) is 12.7. The summed E-state index contributed by atoms with van der Waals surface area (Å²) >= 11 is 5.88. The number of esters is 1. The van der Waals surface area contributed by atoms with Gasteiger partial charge in [0.15, 0.2) is 0 Å². The Balaban J connectivity index is 2.23. The third-order valence-electron chi connectivity index (χ3n) is 3.20. The molecular formula is C16H17ClN2O2. The van der Waals surface area contributed by atoms with Gasteiger partial charge >= 0.3 is 5.97 Å². The molecular weight excluding hydrogens is 288 g/mol. The Morgan fingerprint density at radius 3 is 2.52 bits per heavy atom. The number of nitrogens with zero attached hydrogens (tertiary/aromatic N) is 1. The number of carbonyl (C=O) groups excluding carboxylic acids is 1. The number of hydrogen-bond donors (Lipinski definition) is 1. The highest BCUT2D eigenvalue weighted by atomic mass is 35.5. The second-order valence-electron chi connectivity index (χ2n) is 4.75. The van der Waals surface area contributed by atoms with Crippen LogP contribution in [0.1, 0.15) is 15.9 Å². The van der Waals surface area contributed by atoms with Gasteiger partial charge in [-0.25, -0.2) is 4.79 Å². The van der Waals surface area contributed by atoms with Crippen LogP contribution in [-0.4, -0.2) is 20.1 Å². The molecule has 0 radical (unpaired) electrons. The molecule has 0 atom stereocenters. The molecule has 4 nitrogen and oxygen atoms in total. The molecule has 2 aromatic carbocycles. The van der Waals surface area contributed by atoms with E-state index in [1.165, 1.54) is 7.11 Å². The molecule has 0 saturated heterocycles. The largest absolute Gasteiger partial charge is 0.465 e. The average Bonchev–Trinajstić information content (AvgIpc) is 2.49. The van der Waals surface area contributed by atoms with Gasteiger partial charge in [0.05, 0.1) is 24.0 Å². The summed E-state index contributed by atoms with van der Waals surface area (Å²) in [5.74, 6) is -0.379. The smallest absolute Gasteiger partial charge is 0.337 e. The fourth-order valence-corrected chi connectivity index (χ4v) is 2.19. The Bertz CT molecular complexity index is 641. The van der Waals surface area contributed by atoms with Crippen molar-refractivity contribution in [2.24, 2.45) is 0 Å². The zero-order valence-corrected chi connectivity index (χ0v) is 12.7. The maximum Gasteiger partial charge on any atom is 0.337 e. The van der Waals surface area contributed by atoms with E-state index in [-0.39, 0.29) is 5.97 Å². The van der Waals surface area contributed by atoms with Gasteiger partial charge in [-0.1, -0.05) is 23.7 Å². The summed E-state index contributed by atoms with van der Waals surface area (Å²) in [6.07, 6.45) is 0. The third kappa shape index (κ3) is 3.67. The van der Waals surface area contributed by atoms with Crippen LogP contribution in [0.4, 0.5) is 11.4 Å². The van der Waals surface area contributed by atoms with Crippen LogP contribution in [0.15, 0.2) is 42.5 Å². The number of anilines is 2. The lowest BCUT2D eigenvalue weighted by molar-refractivity contribution is 0.0601. The predicted octanol–water partition coefficient (Wildman–Crippen LogP) is 3.35. The van der Waals surface area contributed by atoms with Crippen molar-refractivity contribution in [1.82, 2.24) is 0 Å². The van der Waals surface area contributed by atoms with E-state index < -0.39 is 0 Å². The van der Waals surface area contributed by atoms with Crippen LogP contribution in [0, 0.1) is 0 Å². The summed E-state index contributed by atoms with van der Waals surface area (Å²) in [6.45, 7) is 0.659. The van der Waals surface area contributed by atoms with Gasteiger partial charge in [0.1, 0.15) is 0 Å². The molecule has 110 valence electrons. The van der Waals surface area contributed by atoms with E-state index in [2.05, 4.69) is 0 Å². The van der Waals surface area contributed by atoms with E-state index in [1.54, 1.807) is 18.2 Å². The normalized spacial score (nSPS) is 10.2. The van der Waals surface area contributed by atoms with Crippen molar-refractivity contribution < 1.29 is 9.53 Å². The zero-order chi connectivity index (χ0) is 15.4. The van der Waals surface area contributed by atoms with Gasteiger partial charge in [-0.15, -0.1) is 0 Å². The Labute approximate surface area is 129 Å². The molecule has 0 heterocycles. The number of benzene rings is 2. The standard InChI is InChI=1S/C16H17ClN2O2/c1-19(10-11-3-6-13(17)7-4-11)15-9-12(16(20)21-2)5-8-14(15)18/h3-9H,10,18H2,1-2H3. The van der Waals surface area contributed by atoms with E-state index >= 15 is 0 Å². The molecule has 0 aliphatic carbocycles. The molecule has 0 unspecified atom stereocenters. The lowest BCUT2D eigenvalue weighted by Gasteiger charge is -2.22. The minimum atomic E-state index is -0.379. The second kappa shape index (κ2) is 6.50. The number of methoxy groups -OCH3 is 1. The van der Waals surface area contributed by atoms with Crippen LogP contribution in [-0.2, 0) is 11.3 Å². The number of nitrogen functional groups attached to an aromatic ring is 1. The van der Waals surface area contributed by atoms with Crippen molar-refractivity contribution in [3.8, 4) is 0 Å². The SMILES string of the molecule is COC(=O)c1ccc(N)c(N(C)Cc2ccc(Cl)cc2)c1. The highest BCUT2D eigenvalue weighted by molar-refractivity contribution is 6.30. The Morgan fingerprint density at radius 1 is 1.24 bits per heavy atom. The van der Waals surface area contributed by atoms with Crippen molar-refractivity contribution >= 4 is 28.9 Å². The van der Waals surface area contributed by atoms with Gasteiger partial charge in [0.25, 0.3) is 0 Å². The zero-order valence-electron chi connectivity index (χ0n) is 12.0. The van der Waals surface area contributed by atoms with Crippen LogP contribution in [0.3, 0.4) is 0 Å². The molecule has 21 heavy (non-hydrogen) atoms. The highest BCUT2D eigenvalue weighted by Crippen LogP contribution is 2.25. The topological polar surface area (TPSA) is 55.6 Å². The quantitative estimate of drug-likeness (QED) is 0.695. The Hall–Kier alpha value is -2.20. The Morgan fingerprint density at radius 2 is 1.90 bits per heavy atom. The van der Waals surface area contributed by atoms with Crippen molar-refractivity contribution in [3.63, 3.8) is 0 Å². The molecule has 2 rings (SSSR count). The monoisotopic (exact) mass is 304 g/mol. The maximum absolute atomic E-state index is 11.6. The average molecular weight is 305 g/mol. The summed E-state index contributed by atoms with van der Waals surface area (Å²) in [5, 5.41) is 0.702. The Kier molecular flexibility index (Phi) is 4.70. The van der Waals surface area contributed by atoms with Gasteiger partial charge in [-0.05, 0) is 35.9 Å². The summed E-state index contributed by atoms with van der Waals surface area (Å²) in [5.41, 5.74) is 8.97. The van der Waals surface area contributed by atoms with Crippen LogP contribution < -0.4 is 10.6 Å². The van der Waals surface area contributed by atoms with E-state index in [1.807, 2.05) is 36.2 Å². The third-order valence-corrected chi connectivity index (χ3v) is 3.45. The first-order valence-corrected chi connectivity index (χ1v) is 6.82. The highest BCUT2D eigenvalue weighted by Gasteiger charge is 2.11. The number of rotatable bonds is 4. The van der Waals surface area contributed by atoms with Gasteiger partial charge in [-0.2, -0.15) is 0 Å². The van der Waals surface area contributed by atoms with Crippen molar-refractivity contribution in [2.45, 2.75) is 6.54 Å². The molecule has 0 aromatic heterocycles. The van der Waals surface area contributed by atoms with Crippen LogP contribution in [0.2, 0.25) is 5.02 Å². The van der Waals surface area contributed by atoms with Gasteiger partial charge < -0.3 is 15.4 Å². The molecule has 0 fully saturated rings. The minimum absolute atomic E-state index is 0.379. The van der Waals surface area contributed by atoms with Gasteiger partial charge in [0, 0.05) is 18.6 Å². The summed E-state index contributed by atoms with van der Waals surface area (Å²) < 4.78 is 4.73. The fraction of sp³-hybridized carbons (Fsp3) is 0.188. The lowest BCUT2D eigenvalue weighted by atomic mass is 10.1. The molecule has 0 amide bonds. The molecule has 0 aliphatic heterocycles. The van der Waals surface area contributed by atoms with Crippen molar-refractivity contribution in [1.29, 1.82) is 0 Å². The summed E-state index contributed by atoms with van der Waals surface area (Å²) in [7, 11) is 3.27. The van der Waals surface area contributed by atoms with E-state index in [4.69, 9.17) is 22.1 Å². The molecule has 0 bridgehead atoms. The molecule has 0 spiro atoms. The van der Waals surface area contributed by atoms with Gasteiger partial charge in [-0.3, -0.25) is 0 Å². The molecule has 2 aromatic rings. The molecule has 2 N–H and O–H groups in total. The minimum Gasteiger partial charge on any atom is -0.465 e. The second-order valence-corrected chi connectivity index (χ2v) is 5.18. The molecule has 0 saturated carbocycles. The predicted molar refractivity (Wildman–Crippen MR) is 85.8 cm³/mol. The van der Waals surface area contributed by atoms with Crippen LogP contribution >= 0.6 is 11.6 Å². The summed E-state index contributed by atoms with van der Waals surface area (Å²) in [4.78, 5) is 13.6. The van der Waals surface area contributed by atoms with E-state index in [0.29, 0.717) is 22.8 Å². The van der Waals surface area contributed by atoms with Crippen molar-refractivity contribution in [3.05, 3.63) is 58.6 Å². The first-order chi connectivity index (χ1) is 10.0. The van der Waals surface area contributed by atoms with Crippen LogP contribution in [0.5, 0.6) is 0 Å². The molecule has 5 heteroatoms. The number of hydrogen-bond acceptors (Lipinski definition) is 4. The fourth-order valence-electron chi connectivity index (χ4n) is 2.07. The number of nitrogens with two attached hydrogens (primary N) is 1. The van der Waals surface area contributed by atoms with E-state index in [0.717, 1.165) is 11.3 Å². The maximum atomic E-state index is 11.6. The van der Waals surface area contributed by atoms with Crippen molar-refractivity contribution in [2.75, 3.05) is 24.8 Å². The number of ether oxygens (including phenoxy) is 1.